The van der Waals surface area contributed by atoms with Crippen molar-refractivity contribution in [1.82, 2.24) is 8.87 Å². The van der Waals surface area contributed by atoms with E-state index in [9.17, 15) is 8.42 Å². The monoisotopic (exact) mass is 469 g/mol. The van der Waals surface area contributed by atoms with Gasteiger partial charge in [-0.05, 0) is 55.5 Å². The Labute approximate surface area is 192 Å². The van der Waals surface area contributed by atoms with Crippen molar-refractivity contribution in [3.8, 4) is 11.3 Å². The van der Waals surface area contributed by atoms with E-state index in [1.807, 2.05) is 42.5 Å². The molecule has 2 aliphatic heterocycles. The van der Waals surface area contributed by atoms with Crippen LogP contribution in [-0.4, -0.2) is 43.1 Å². The molecular weight excluding hydrogens is 442 g/mol. The van der Waals surface area contributed by atoms with Gasteiger partial charge in [0.05, 0.1) is 28.9 Å². The Morgan fingerprint density at radius 1 is 1.00 bits per heavy atom. The molecule has 3 aromatic rings. The fraction of sp³-hybridized carbons (Fsp3) is 0.375. The first-order valence-corrected chi connectivity index (χ1v) is 13.4. The summed E-state index contributed by atoms with van der Waals surface area (Å²) in [5, 5.41) is 2.10. The Hall–Kier alpha value is -2.26. The molecule has 0 aliphatic carbocycles. The summed E-state index contributed by atoms with van der Waals surface area (Å²) in [7, 11) is -3.41. The van der Waals surface area contributed by atoms with Gasteiger partial charge in [-0.25, -0.2) is 13.4 Å². The van der Waals surface area contributed by atoms with E-state index in [-0.39, 0.29) is 6.10 Å². The van der Waals surface area contributed by atoms with Crippen LogP contribution < -0.4 is 4.80 Å². The molecule has 0 saturated carbocycles. The van der Waals surface area contributed by atoms with Crippen LogP contribution in [0, 0.1) is 0 Å². The van der Waals surface area contributed by atoms with Crippen molar-refractivity contribution in [2.24, 2.45) is 4.99 Å². The van der Waals surface area contributed by atoms with Gasteiger partial charge in [-0.2, -0.15) is 4.31 Å². The number of benzene rings is 2. The molecular formula is C24H27N3O3S2. The van der Waals surface area contributed by atoms with Gasteiger partial charge in [0.1, 0.15) is 0 Å². The van der Waals surface area contributed by atoms with Gasteiger partial charge < -0.3 is 9.30 Å². The van der Waals surface area contributed by atoms with Crippen LogP contribution in [0.1, 0.15) is 25.7 Å². The molecule has 3 heterocycles. The van der Waals surface area contributed by atoms with Crippen LogP contribution in [0.15, 0.2) is 69.9 Å². The Bertz CT molecular complexity index is 1220. The van der Waals surface area contributed by atoms with Crippen LogP contribution in [0.2, 0.25) is 0 Å². The number of aromatic nitrogens is 1. The molecule has 1 aromatic heterocycles. The molecule has 1 atom stereocenters. The molecule has 32 heavy (non-hydrogen) atoms. The van der Waals surface area contributed by atoms with E-state index in [2.05, 4.69) is 9.95 Å². The summed E-state index contributed by atoms with van der Waals surface area (Å²) in [4.78, 5) is 6.13. The zero-order valence-corrected chi connectivity index (χ0v) is 19.5. The number of nitrogens with zero attached hydrogens (tertiary/aromatic N) is 3. The van der Waals surface area contributed by atoms with Crippen LogP contribution in [0.5, 0.6) is 0 Å². The largest absolute Gasteiger partial charge is 0.376 e. The number of hydrogen-bond acceptors (Lipinski definition) is 5. The minimum Gasteiger partial charge on any atom is -0.376 e. The lowest BCUT2D eigenvalue weighted by Crippen LogP contribution is -2.27. The van der Waals surface area contributed by atoms with Crippen LogP contribution in [-0.2, 0) is 21.3 Å². The molecule has 8 heteroatoms. The first kappa shape index (κ1) is 21.6. The van der Waals surface area contributed by atoms with Crippen molar-refractivity contribution < 1.29 is 13.2 Å². The van der Waals surface area contributed by atoms with Gasteiger partial charge in [0, 0.05) is 25.1 Å². The third-order valence-corrected chi connectivity index (χ3v) is 8.82. The van der Waals surface area contributed by atoms with Gasteiger partial charge >= 0.3 is 0 Å². The van der Waals surface area contributed by atoms with Crippen molar-refractivity contribution >= 4 is 27.0 Å². The fourth-order valence-corrected chi connectivity index (χ4v) is 6.76. The molecule has 0 amide bonds. The second-order valence-electron chi connectivity index (χ2n) is 8.23. The van der Waals surface area contributed by atoms with Crippen molar-refractivity contribution in [2.45, 2.75) is 43.2 Å². The molecule has 5 rings (SSSR count). The van der Waals surface area contributed by atoms with Crippen LogP contribution >= 0.6 is 11.3 Å². The number of thiazole rings is 1. The lowest BCUT2D eigenvalue weighted by molar-refractivity contribution is 0.0968. The smallest absolute Gasteiger partial charge is 0.243 e. The van der Waals surface area contributed by atoms with Gasteiger partial charge in [0.15, 0.2) is 4.80 Å². The Kier molecular flexibility index (Phi) is 6.28. The molecule has 2 saturated heterocycles. The molecule has 0 bridgehead atoms. The summed E-state index contributed by atoms with van der Waals surface area (Å²) in [6, 6.07) is 17.2. The molecule has 0 N–H and O–H groups in total. The molecule has 168 valence electrons. The van der Waals surface area contributed by atoms with Crippen LogP contribution in [0.3, 0.4) is 0 Å². The summed E-state index contributed by atoms with van der Waals surface area (Å²) in [6.45, 7) is 2.76. The molecule has 2 fully saturated rings. The average molecular weight is 470 g/mol. The second-order valence-corrected chi connectivity index (χ2v) is 11.0. The van der Waals surface area contributed by atoms with Gasteiger partial charge in [-0.1, -0.05) is 30.3 Å². The normalized spacial score (nSPS) is 20.2. The third-order valence-electron chi connectivity index (χ3n) is 6.04. The van der Waals surface area contributed by atoms with Crippen molar-refractivity contribution in [3.05, 3.63) is 64.8 Å². The van der Waals surface area contributed by atoms with Gasteiger partial charge in [0.2, 0.25) is 10.0 Å². The number of rotatable bonds is 6. The highest BCUT2D eigenvalue weighted by molar-refractivity contribution is 7.89. The van der Waals surface area contributed by atoms with Gasteiger partial charge in [-0.15, -0.1) is 11.3 Å². The van der Waals surface area contributed by atoms with E-state index in [0.717, 1.165) is 60.6 Å². The van der Waals surface area contributed by atoms with Gasteiger partial charge in [0.25, 0.3) is 0 Å². The van der Waals surface area contributed by atoms with E-state index < -0.39 is 10.0 Å². The number of ether oxygens (including phenoxy) is 1. The first-order chi connectivity index (χ1) is 15.6. The quantitative estimate of drug-likeness (QED) is 0.537. The predicted octanol–water partition coefficient (Wildman–Crippen LogP) is 4.41. The predicted molar refractivity (Wildman–Crippen MR) is 126 cm³/mol. The van der Waals surface area contributed by atoms with E-state index in [0.29, 0.717) is 18.0 Å². The average Bonchev–Trinajstić information content (AvgIpc) is 3.59. The maximum atomic E-state index is 12.9. The molecule has 0 radical (unpaired) electrons. The van der Waals surface area contributed by atoms with Crippen molar-refractivity contribution in [1.29, 1.82) is 0 Å². The summed E-state index contributed by atoms with van der Waals surface area (Å²) in [5.74, 6) is 0. The number of para-hydroxylation sites is 1. The van der Waals surface area contributed by atoms with Crippen molar-refractivity contribution in [3.63, 3.8) is 0 Å². The topological polar surface area (TPSA) is 63.9 Å². The zero-order valence-electron chi connectivity index (χ0n) is 17.9. The molecule has 1 unspecified atom stereocenters. The van der Waals surface area contributed by atoms with E-state index in [1.54, 1.807) is 27.8 Å². The fourth-order valence-electron chi connectivity index (χ4n) is 4.31. The van der Waals surface area contributed by atoms with Crippen LogP contribution in [0.25, 0.3) is 11.3 Å². The first-order valence-electron chi connectivity index (χ1n) is 11.1. The standard InChI is InChI=1S/C24H27N3O3S2/c28-32(29,26-14-4-5-15-26)22-12-10-19(11-13-22)23-18-31-24(25-20-7-2-1-3-8-20)27(23)17-21-9-6-16-30-21/h1-3,7-8,10-13,18,21H,4-6,9,14-17H2. The Morgan fingerprint density at radius 3 is 2.44 bits per heavy atom. The maximum Gasteiger partial charge on any atom is 0.243 e. The van der Waals surface area contributed by atoms with Crippen LogP contribution in [0.4, 0.5) is 5.69 Å². The Balaban J connectivity index is 1.50. The lowest BCUT2D eigenvalue weighted by atomic mass is 10.1. The molecule has 0 spiro atoms. The van der Waals surface area contributed by atoms with Gasteiger partial charge in [-0.3, -0.25) is 0 Å². The Morgan fingerprint density at radius 2 is 1.75 bits per heavy atom. The third kappa shape index (κ3) is 4.45. The maximum absolute atomic E-state index is 12.9. The second kappa shape index (κ2) is 9.31. The highest BCUT2D eigenvalue weighted by Crippen LogP contribution is 2.27. The van der Waals surface area contributed by atoms with Crippen molar-refractivity contribution in [2.75, 3.05) is 19.7 Å². The summed E-state index contributed by atoms with van der Waals surface area (Å²) in [5.41, 5.74) is 2.92. The SMILES string of the molecule is O=S(=O)(c1ccc(-c2csc(=Nc3ccccc3)n2CC2CCCO2)cc1)N1CCCC1. The highest BCUT2D eigenvalue weighted by atomic mass is 32.2. The summed E-state index contributed by atoms with van der Waals surface area (Å²) in [6.07, 6.45) is 4.17. The van der Waals surface area contributed by atoms with E-state index >= 15 is 0 Å². The summed E-state index contributed by atoms with van der Waals surface area (Å²) < 4.78 is 35.4. The number of hydrogen-bond donors (Lipinski definition) is 0. The highest BCUT2D eigenvalue weighted by Gasteiger charge is 2.27. The molecule has 2 aliphatic rings. The van der Waals surface area contributed by atoms with E-state index in [4.69, 9.17) is 9.73 Å². The van der Waals surface area contributed by atoms with E-state index in [1.165, 1.54) is 0 Å². The minimum atomic E-state index is -3.41. The lowest BCUT2D eigenvalue weighted by Gasteiger charge is -2.16. The molecule has 6 nitrogen and oxygen atoms in total. The zero-order chi connectivity index (χ0) is 22.0. The summed E-state index contributed by atoms with van der Waals surface area (Å²) >= 11 is 1.59. The minimum absolute atomic E-state index is 0.174. The number of sulfonamides is 1. The molecule has 2 aromatic carbocycles.